The second-order valence-corrected chi connectivity index (χ2v) is 6.56. The largest absolute Gasteiger partial charge is 0.491 e. The number of benzene rings is 2. The number of amides is 1. The van der Waals surface area contributed by atoms with Gasteiger partial charge in [-0.25, -0.2) is 4.79 Å². The molecule has 0 atom stereocenters. The van der Waals surface area contributed by atoms with E-state index in [2.05, 4.69) is 5.32 Å². The summed E-state index contributed by atoms with van der Waals surface area (Å²) >= 11 is 6.02. The van der Waals surface area contributed by atoms with Crippen molar-refractivity contribution in [1.82, 2.24) is 4.57 Å². The first kappa shape index (κ1) is 19.0. The lowest BCUT2D eigenvalue weighted by atomic mass is 10.2. The number of para-hydroxylation sites is 2. The predicted octanol–water partition coefficient (Wildman–Crippen LogP) is 4.46. The first-order valence-electron chi connectivity index (χ1n) is 8.89. The molecular formula is C20H21ClN2O4. The van der Waals surface area contributed by atoms with E-state index in [4.69, 9.17) is 20.8 Å². The average molecular weight is 389 g/mol. The van der Waals surface area contributed by atoms with Gasteiger partial charge in [-0.1, -0.05) is 30.7 Å². The van der Waals surface area contributed by atoms with E-state index in [-0.39, 0.29) is 12.3 Å². The molecule has 1 aromatic heterocycles. The van der Waals surface area contributed by atoms with Crippen molar-refractivity contribution in [3.8, 4) is 5.75 Å². The minimum atomic E-state index is -0.415. The molecule has 1 N–H and O–H groups in total. The van der Waals surface area contributed by atoms with Gasteiger partial charge in [0.25, 0.3) is 0 Å². The smallest absolute Gasteiger partial charge is 0.419 e. The third kappa shape index (κ3) is 4.71. The van der Waals surface area contributed by atoms with Crippen LogP contribution in [0.15, 0.2) is 51.7 Å². The topological polar surface area (TPSA) is 73.5 Å². The van der Waals surface area contributed by atoms with Gasteiger partial charge in [-0.3, -0.25) is 9.36 Å². The van der Waals surface area contributed by atoms with Crippen molar-refractivity contribution in [3.05, 3.63) is 58.0 Å². The molecule has 0 saturated heterocycles. The number of aromatic nitrogens is 1. The van der Waals surface area contributed by atoms with Gasteiger partial charge in [-0.15, -0.1) is 0 Å². The molecule has 27 heavy (non-hydrogen) atoms. The zero-order valence-corrected chi connectivity index (χ0v) is 15.8. The van der Waals surface area contributed by atoms with E-state index in [1.54, 1.807) is 24.3 Å². The number of halogens is 1. The highest BCUT2D eigenvalue weighted by atomic mass is 35.5. The summed E-state index contributed by atoms with van der Waals surface area (Å²) < 4.78 is 12.4. The SMILES string of the molecule is CCCOc1ccc(Cl)cc1NC(=O)CCCn1c(=O)oc2ccccc21. The molecule has 3 aromatic rings. The summed E-state index contributed by atoms with van der Waals surface area (Å²) in [5.41, 5.74) is 1.82. The third-order valence-corrected chi connectivity index (χ3v) is 4.27. The van der Waals surface area contributed by atoms with Crippen LogP contribution in [0.3, 0.4) is 0 Å². The minimum absolute atomic E-state index is 0.167. The van der Waals surface area contributed by atoms with Crippen molar-refractivity contribution in [2.45, 2.75) is 32.7 Å². The van der Waals surface area contributed by atoms with Crippen LogP contribution in [-0.4, -0.2) is 17.1 Å². The second kappa shape index (κ2) is 8.77. The molecule has 0 fully saturated rings. The highest BCUT2D eigenvalue weighted by Gasteiger charge is 2.11. The standard InChI is InChI=1S/C20H21ClN2O4/c1-2-12-26-17-10-9-14(21)13-15(17)22-19(24)8-5-11-23-16-6-3-4-7-18(16)27-20(23)25/h3-4,6-7,9-10,13H,2,5,8,11-12H2,1H3,(H,22,24). The fourth-order valence-electron chi connectivity index (χ4n) is 2.77. The lowest BCUT2D eigenvalue weighted by Crippen LogP contribution is -2.17. The molecule has 0 unspecified atom stereocenters. The fourth-order valence-corrected chi connectivity index (χ4v) is 2.95. The summed E-state index contributed by atoms with van der Waals surface area (Å²) in [5, 5.41) is 3.35. The Kier molecular flexibility index (Phi) is 6.19. The Labute approximate surface area is 161 Å². The Morgan fingerprint density at radius 3 is 2.89 bits per heavy atom. The molecule has 0 spiro atoms. The maximum atomic E-state index is 12.3. The van der Waals surface area contributed by atoms with Crippen LogP contribution in [0, 0.1) is 0 Å². The van der Waals surface area contributed by atoms with Crippen LogP contribution in [0.1, 0.15) is 26.2 Å². The molecule has 0 radical (unpaired) electrons. The molecule has 7 heteroatoms. The van der Waals surface area contributed by atoms with Crippen LogP contribution < -0.4 is 15.8 Å². The van der Waals surface area contributed by atoms with Gasteiger partial charge in [0.1, 0.15) is 5.75 Å². The Bertz CT molecular complexity index is 993. The Hall–Kier alpha value is -2.73. The number of fused-ring (bicyclic) bond motifs is 1. The molecule has 0 aliphatic carbocycles. The number of rotatable bonds is 8. The van der Waals surface area contributed by atoms with Crippen molar-refractivity contribution in [2.24, 2.45) is 0 Å². The predicted molar refractivity (Wildman–Crippen MR) is 106 cm³/mol. The van der Waals surface area contributed by atoms with Gasteiger partial charge in [-0.2, -0.15) is 0 Å². The number of carbonyl (C=O) groups excluding carboxylic acids is 1. The Morgan fingerprint density at radius 1 is 1.26 bits per heavy atom. The summed E-state index contributed by atoms with van der Waals surface area (Å²) in [6.45, 7) is 2.97. The summed E-state index contributed by atoms with van der Waals surface area (Å²) in [6.07, 6.45) is 1.62. The zero-order valence-electron chi connectivity index (χ0n) is 15.0. The first-order chi connectivity index (χ1) is 13.1. The quantitative estimate of drug-likeness (QED) is 0.618. The van der Waals surface area contributed by atoms with Crippen LogP contribution >= 0.6 is 11.6 Å². The molecule has 1 amide bonds. The van der Waals surface area contributed by atoms with E-state index in [9.17, 15) is 9.59 Å². The van der Waals surface area contributed by atoms with Crippen molar-refractivity contribution in [1.29, 1.82) is 0 Å². The Morgan fingerprint density at radius 2 is 2.07 bits per heavy atom. The van der Waals surface area contributed by atoms with Gasteiger partial charge in [-0.05, 0) is 43.2 Å². The number of aryl methyl sites for hydroxylation is 1. The molecule has 0 bridgehead atoms. The van der Waals surface area contributed by atoms with Crippen molar-refractivity contribution < 1.29 is 13.9 Å². The molecule has 3 rings (SSSR count). The van der Waals surface area contributed by atoms with E-state index >= 15 is 0 Å². The van der Waals surface area contributed by atoms with Crippen LogP contribution in [0.4, 0.5) is 5.69 Å². The molecular weight excluding hydrogens is 368 g/mol. The molecule has 1 heterocycles. The summed E-state index contributed by atoms with van der Waals surface area (Å²) in [6, 6.07) is 12.4. The average Bonchev–Trinajstić information content (AvgIpc) is 2.97. The van der Waals surface area contributed by atoms with Gasteiger partial charge in [0.05, 0.1) is 17.8 Å². The minimum Gasteiger partial charge on any atom is -0.491 e. The first-order valence-corrected chi connectivity index (χ1v) is 9.27. The molecule has 142 valence electrons. The number of hydrogen-bond donors (Lipinski definition) is 1. The van der Waals surface area contributed by atoms with E-state index < -0.39 is 5.76 Å². The molecule has 0 aliphatic rings. The monoisotopic (exact) mass is 388 g/mol. The van der Waals surface area contributed by atoms with Gasteiger partial charge < -0.3 is 14.5 Å². The second-order valence-electron chi connectivity index (χ2n) is 6.13. The highest BCUT2D eigenvalue weighted by molar-refractivity contribution is 6.31. The number of ether oxygens (including phenoxy) is 1. The number of oxazole rings is 1. The zero-order chi connectivity index (χ0) is 19.2. The van der Waals surface area contributed by atoms with E-state index in [1.165, 1.54) is 4.57 Å². The van der Waals surface area contributed by atoms with Crippen LogP contribution in [-0.2, 0) is 11.3 Å². The van der Waals surface area contributed by atoms with Crippen LogP contribution in [0.25, 0.3) is 11.1 Å². The lowest BCUT2D eigenvalue weighted by Gasteiger charge is -2.12. The molecule has 0 aliphatic heterocycles. The summed E-state index contributed by atoms with van der Waals surface area (Å²) in [5.74, 6) is 0.00724. The van der Waals surface area contributed by atoms with Gasteiger partial charge in [0, 0.05) is 18.0 Å². The van der Waals surface area contributed by atoms with Crippen LogP contribution in [0.2, 0.25) is 5.02 Å². The number of anilines is 1. The maximum Gasteiger partial charge on any atom is 0.419 e. The maximum absolute atomic E-state index is 12.3. The molecule has 0 saturated carbocycles. The highest BCUT2D eigenvalue weighted by Crippen LogP contribution is 2.28. The Balaban J connectivity index is 1.61. The molecule has 2 aromatic carbocycles. The summed E-state index contributed by atoms with van der Waals surface area (Å²) in [4.78, 5) is 24.3. The molecule has 6 nitrogen and oxygen atoms in total. The normalized spacial score (nSPS) is 10.9. The van der Waals surface area contributed by atoms with Gasteiger partial charge in [0.15, 0.2) is 5.58 Å². The van der Waals surface area contributed by atoms with E-state index in [0.717, 1.165) is 11.9 Å². The van der Waals surface area contributed by atoms with E-state index in [0.29, 0.717) is 41.6 Å². The van der Waals surface area contributed by atoms with Gasteiger partial charge in [0.2, 0.25) is 5.91 Å². The van der Waals surface area contributed by atoms with E-state index in [1.807, 2.05) is 25.1 Å². The van der Waals surface area contributed by atoms with Crippen molar-refractivity contribution in [3.63, 3.8) is 0 Å². The van der Waals surface area contributed by atoms with Gasteiger partial charge >= 0.3 is 5.76 Å². The third-order valence-electron chi connectivity index (χ3n) is 4.04. The van der Waals surface area contributed by atoms with Crippen molar-refractivity contribution >= 4 is 34.3 Å². The summed E-state index contributed by atoms with van der Waals surface area (Å²) in [7, 11) is 0. The van der Waals surface area contributed by atoms with Crippen LogP contribution in [0.5, 0.6) is 5.75 Å². The fraction of sp³-hybridized carbons (Fsp3) is 0.300. The number of nitrogens with one attached hydrogen (secondary N) is 1. The van der Waals surface area contributed by atoms with Crippen molar-refractivity contribution in [2.75, 3.05) is 11.9 Å². The lowest BCUT2D eigenvalue weighted by molar-refractivity contribution is -0.116. The number of hydrogen-bond acceptors (Lipinski definition) is 4. The number of carbonyl (C=O) groups is 1. The number of nitrogens with zero attached hydrogens (tertiary/aromatic N) is 1.